The van der Waals surface area contributed by atoms with Gasteiger partial charge in [-0.2, -0.15) is 0 Å². The van der Waals surface area contributed by atoms with E-state index in [0.717, 1.165) is 38.9 Å². The molecule has 4 heteroatoms. The Kier molecular flexibility index (Phi) is 6.05. The average Bonchev–Trinajstić information content (AvgIpc) is 3.01. The Labute approximate surface area is 123 Å². The van der Waals surface area contributed by atoms with Crippen molar-refractivity contribution in [3.05, 3.63) is 11.8 Å². The molecule has 1 saturated heterocycles. The lowest BCUT2D eigenvalue weighted by molar-refractivity contribution is -0.130. The second-order valence-corrected chi connectivity index (χ2v) is 6.01. The monoisotopic (exact) mass is 279 g/mol. The molecule has 2 rings (SSSR count). The quantitative estimate of drug-likeness (QED) is 0.807. The van der Waals surface area contributed by atoms with Gasteiger partial charge < -0.3 is 10.2 Å². The molecule has 0 aromatic rings. The fourth-order valence-corrected chi connectivity index (χ4v) is 3.22. The van der Waals surface area contributed by atoms with Crippen LogP contribution in [0.4, 0.5) is 0 Å². The van der Waals surface area contributed by atoms with Crippen LogP contribution in [0, 0.1) is 0 Å². The number of rotatable bonds is 6. The van der Waals surface area contributed by atoms with E-state index in [4.69, 9.17) is 0 Å². The third kappa shape index (κ3) is 4.06. The standard InChI is InChI=1S/C16H29N3O/c1-3-11-19(15-9-6-10-17-12-15)13-16(20)18(2)14-7-4-5-8-14/h7,15,17H,3-6,8-13H2,1-2H3. The van der Waals surface area contributed by atoms with Crippen LogP contribution in [0.5, 0.6) is 0 Å². The lowest BCUT2D eigenvalue weighted by atomic mass is 10.1. The molecule has 20 heavy (non-hydrogen) atoms. The van der Waals surface area contributed by atoms with Gasteiger partial charge in [-0.3, -0.25) is 9.69 Å². The molecule has 1 amide bonds. The molecule has 1 aliphatic carbocycles. The third-order valence-electron chi connectivity index (χ3n) is 4.46. The maximum atomic E-state index is 12.5. The van der Waals surface area contributed by atoms with Crippen LogP contribution in [-0.2, 0) is 4.79 Å². The molecule has 0 spiro atoms. The Morgan fingerprint density at radius 1 is 1.45 bits per heavy atom. The molecule has 0 aromatic heterocycles. The van der Waals surface area contributed by atoms with E-state index in [1.165, 1.54) is 25.0 Å². The summed E-state index contributed by atoms with van der Waals surface area (Å²) in [6, 6.07) is 0.526. The number of amides is 1. The lowest BCUT2D eigenvalue weighted by Gasteiger charge is -2.35. The number of hydrogen-bond acceptors (Lipinski definition) is 3. The van der Waals surface area contributed by atoms with Crippen molar-refractivity contribution in [2.45, 2.75) is 51.5 Å². The normalized spacial score (nSPS) is 22.9. The van der Waals surface area contributed by atoms with Crippen LogP contribution in [0.15, 0.2) is 11.8 Å². The van der Waals surface area contributed by atoms with Gasteiger partial charge in [0.1, 0.15) is 0 Å². The van der Waals surface area contributed by atoms with Crippen molar-refractivity contribution in [3.63, 3.8) is 0 Å². The lowest BCUT2D eigenvalue weighted by Crippen LogP contribution is -2.49. The highest BCUT2D eigenvalue weighted by molar-refractivity contribution is 5.79. The van der Waals surface area contributed by atoms with Crippen LogP contribution in [0.3, 0.4) is 0 Å². The van der Waals surface area contributed by atoms with Crippen molar-refractivity contribution in [2.24, 2.45) is 0 Å². The van der Waals surface area contributed by atoms with E-state index in [0.29, 0.717) is 12.6 Å². The number of nitrogens with one attached hydrogen (secondary N) is 1. The smallest absolute Gasteiger partial charge is 0.240 e. The highest BCUT2D eigenvalue weighted by atomic mass is 16.2. The van der Waals surface area contributed by atoms with Crippen LogP contribution < -0.4 is 5.32 Å². The molecular weight excluding hydrogens is 250 g/mol. The molecule has 0 aromatic carbocycles. The number of carbonyl (C=O) groups excluding carboxylic acids is 1. The van der Waals surface area contributed by atoms with Gasteiger partial charge >= 0.3 is 0 Å². The molecule has 1 N–H and O–H groups in total. The van der Waals surface area contributed by atoms with Crippen molar-refractivity contribution in [1.29, 1.82) is 0 Å². The summed E-state index contributed by atoms with van der Waals surface area (Å²) < 4.78 is 0. The minimum absolute atomic E-state index is 0.247. The van der Waals surface area contributed by atoms with E-state index < -0.39 is 0 Å². The minimum atomic E-state index is 0.247. The van der Waals surface area contributed by atoms with E-state index >= 15 is 0 Å². The fraction of sp³-hybridized carbons (Fsp3) is 0.812. The molecule has 1 atom stereocenters. The number of carbonyl (C=O) groups is 1. The topological polar surface area (TPSA) is 35.6 Å². The molecule has 2 aliphatic rings. The first-order valence-electron chi connectivity index (χ1n) is 8.12. The van der Waals surface area contributed by atoms with Gasteiger partial charge in [0.15, 0.2) is 0 Å². The molecule has 114 valence electrons. The van der Waals surface area contributed by atoms with Gasteiger partial charge in [-0.25, -0.2) is 0 Å². The zero-order chi connectivity index (χ0) is 14.4. The van der Waals surface area contributed by atoms with Crippen LogP contribution in [0.1, 0.15) is 45.4 Å². The van der Waals surface area contributed by atoms with Crippen molar-refractivity contribution in [3.8, 4) is 0 Å². The second-order valence-electron chi connectivity index (χ2n) is 6.01. The Bertz CT molecular complexity index is 348. The van der Waals surface area contributed by atoms with Gasteiger partial charge in [-0.1, -0.05) is 13.0 Å². The summed E-state index contributed by atoms with van der Waals surface area (Å²) in [7, 11) is 1.93. The molecule has 0 bridgehead atoms. The maximum Gasteiger partial charge on any atom is 0.240 e. The van der Waals surface area contributed by atoms with Crippen molar-refractivity contribution in [2.75, 3.05) is 33.2 Å². The molecule has 4 nitrogen and oxygen atoms in total. The number of hydrogen-bond donors (Lipinski definition) is 1. The molecule has 0 radical (unpaired) electrons. The Hall–Kier alpha value is -0.870. The second kappa shape index (κ2) is 7.79. The number of allylic oxidation sites excluding steroid dienone is 2. The molecule has 1 unspecified atom stereocenters. The average molecular weight is 279 g/mol. The molecule has 1 heterocycles. The first-order chi connectivity index (χ1) is 9.72. The zero-order valence-electron chi connectivity index (χ0n) is 13.0. The molecular formula is C16H29N3O. The predicted molar refractivity (Wildman–Crippen MR) is 82.5 cm³/mol. The summed E-state index contributed by atoms with van der Waals surface area (Å²) in [5, 5.41) is 3.45. The van der Waals surface area contributed by atoms with E-state index in [9.17, 15) is 4.79 Å². The Morgan fingerprint density at radius 2 is 2.30 bits per heavy atom. The molecule has 1 aliphatic heterocycles. The van der Waals surface area contributed by atoms with Crippen LogP contribution in [0.25, 0.3) is 0 Å². The highest BCUT2D eigenvalue weighted by Crippen LogP contribution is 2.21. The van der Waals surface area contributed by atoms with Crippen molar-refractivity contribution in [1.82, 2.24) is 15.1 Å². The number of nitrogens with zero attached hydrogens (tertiary/aromatic N) is 2. The van der Waals surface area contributed by atoms with Crippen LogP contribution in [0.2, 0.25) is 0 Å². The SMILES string of the molecule is CCCN(CC(=O)N(C)C1=CCCC1)C1CCCNC1. The number of likely N-dealkylation sites (N-methyl/N-ethyl adjacent to an activating group) is 1. The Balaban J connectivity index is 1.90. The van der Waals surface area contributed by atoms with E-state index in [2.05, 4.69) is 23.2 Å². The summed E-state index contributed by atoms with van der Waals surface area (Å²) in [5.41, 5.74) is 1.22. The van der Waals surface area contributed by atoms with Gasteiger partial charge in [0.2, 0.25) is 5.91 Å². The number of piperidine rings is 1. The fourth-order valence-electron chi connectivity index (χ4n) is 3.22. The predicted octanol–water partition coefficient (Wildman–Crippen LogP) is 1.98. The maximum absolute atomic E-state index is 12.5. The molecule has 1 fully saturated rings. The summed E-state index contributed by atoms with van der Waals surface area (Å²) >= 11 is 0. The Morgan fingerprint density at radius 3 is 2.90 bits per heavy atom. The van der Waals surface area contributed by atoms with E-state index in [1.54, 1.807) is 0 Å². The zero-order valence-corrected chi connectivity index (χ0v) is 13.0. The summed E-state index contributed by atoms with van der Waals surface area (Å²) in [6.07, 6.45) is 9.13. The first-order valence-corrected chi connectivity index (χ1v) is 8.12. The van der Waals surface area contributed by atoms with Crippen molar-refractivity contribution < 1.29 is 4.79 Å². The minimum Gasteiger partial charge on any atom is -0.318 e. The van der Waals surface area contributed by atoms with Gasteiger partial charge in [-0.05, 0) is 51.6 Å². The van der Waals surface area contributed by atoms with Crippen molar-refractivity contribution >= 4 is 5.91 Å². The summed E-state index contributed by atoms with van der Waals surface area (Å²) in [6.45, 7) is 5.92. The van der Waals surface area contributed by atoms with Crippen LogP contribution in [-0.4, -0.2) is 55.0 Å². The third-order valence-corrected chi connectivity index (χ3v) is 4.46. The van der Waals surface area contributed by atoms with Gasteiger partial charge in [0.05, 0.1) is 6.54 Å². The summed E-state index contributed by atoms with van der Waals surface area (Å²) in [5.74, 6) is 0.247. The summed E-state index contributed by atoms with van der Waals surface area (Å²) in [4.78, 5) is 16.7. The largest absolute Gasteiger partial charge is 0.318 e. The highest BCUT2D eigenvalue weighted by Gasteiger charge is 2.24. The van der Waals surface area contributed by atoms with E-state index in [1.807, 2.05) is 11.9 Å². The molecule has 0 saturated carbocycles. The van der Waals surface area contributed by atoms with Gasteiger partial charge in [0.25, 0.3) is 0 Å². The van der Waals surface area contributed by atoms with E-state index in [-0.39, 0.29) is 5.91 Å². The first kappa shape index (κ1) is 15.5. The van der Waals surface area contributed by atoms with Gasteiger partial charge in [-0.15, -0.1) is 0 Å². The van der Waals surface area contributed by atoms with Gasteiger partial charge in [0, 0.05) is 25.3 Å². The van der Waals surface area contributed by atoms with Crippen LogP contribution >= 0.6 is 0 Å².